The van der Waals surface area contributed by atoms with E-state index in [1.807, 2.05) is 0 Å². The standard InChI is InChI=1S/C17H23NO3/c1-17(2,16(20)21)13-7-9-14(10-8-13)18-15(19)11-6-12-4-3-5-12/h7-10,12H,3-6,11H2,1-2H3,(H,18,19)(H,20,21). The third kappa shape index (κ3) is 3.84. The molecule has 1 saturated carbocycles. The molecule has 2 N–H and O–H groups in total. The number of hydrogen-bond acceptors (Lipinski definition) is 2. The highest BCUT2D eigenvalue weighted by atomic mass is 16.4. The molecule has 0 spiro atoms. The fourth-order valence-electron chi connectivity index (χ4n) is 2.43. The molecule has 0 heterocycles. The smallest absolute Gasteiger partial charge is 0.313 e. The molecule has 0 unspecified atom stereocenters. The van der Waals surface area contributed by atoms with Crippen molar-refractivity contribution in [3.8, 4) is 0 Å². The molecule has 2 rings (SSSR count). The van der Waals surface area contributed by atoms with E-state index in [0.29, 0.717) is 6.42 Å². The van der Waals surface area contributed by atoms with Crippen molar-refractivity contribution >= 4 is 17.6 Å². The van der Waals surface area contributed by atoms with Gasteiger partial charge >= 0.3 is 5.97 Å². The average Bonchev–Trinajstić information content (AvgIpc) is 2.37. The van der Waals surface area contributed by atoms with Gasteiger partial charge in [0.1, 0.15) is 0 Å². The van der Waals surface area contributed by atoms with Gasteiger partial charge in [0.2, 0.25) is 5.91 Å². The van der Waals surface area contributed by atoms with Crippen molar-refractivity contribution in [2.24, 2.45) is 5.92 Å². The fourth-order valence-corrected chi connectivity index (χ4v) is 2.43. The van der Waals surface area contributed by atoms with E-state index in [-0.39, 0.29) is 5.91 Å². The number of aliphatic carboxylic acids is 1. The van der Waals surface area contributed by atoms with Gasteiger partial charge in [-0.2, -0.15) is 0 Å². The molecule has 4 heteroatoms. The summed E-state index contributed by atoms with van der Waals surface area (Å²) in [4.78, 5) is 23.0. The highest BCUT2D eigenvalue weighted by Gasteiger charge is 2.29. The lowest BCUT2D eigenvalue weighted by Gasteiger charge is -2.24. The van der Waals surface area contributed by atoms with Gasteiger partial charge in [0, 0.05) is 12.1 Å². The van der Waals surface area contributed by atoms with Crippen molar-refractivity contribution in [3.63, 3.8) is 0 Å². The molecule has 114 valence electrons. The number of amides is 1. The van der Waals surface area contributed by atoms with E-state index in [4.69, 9.17) is 0 Å². The summed E-state index contributed by atoms with van der Waals surface area (Å²) in [6, 6.07) is 7.05. The lowest BCUT2D eigenvalue weighted by atomic mass is 9.82. The van der Waals surface area contributed by atoms with Crippen LogP contribution < -0.4 is 5.32 Å². The third-order valence-electron chi connectivity index (χ3n) is 4.43. The highest BCUT2D eigenvalue weighted by Crippen LogP contribution is 2.30. The number of rotatable bonds is 6. The number of benzene rings is 1. The Morgan fingerprint density at radius 1 is 1.24 bits per heavy atom. The molecule has 0 radical (unpaired) electrons. The van der Waals surface area contributed by atoms with Crippen LogP contribution in [-0.2, 0) is 15.0 Å². The van der Waals surface area contributed by atoms with Crippen LogP contribution in [0.4, 0.5) is 5.69 Å². The summed E-state index contributed by atoms with van der Waals surface area (Å²) in [6.45, 7) is 3.34. The van der Waals surface area contributed by atoms with Crippen LogP contribution >= 0.6 is 0 Å². The second kappa shape index (κ2) is 6.29. The van der Waals surface area contributed by atoms with Gasteiger partial charge < -0.3 is 10.4 Å². The zero-order valence-corrected chi connectivity index (χ0v) is 12.7. The summed E-state index contributed by atoms with van der Waals surface area (Å²) in [6.07, 6.45) is 5.34. The maximum absolute atomic E-state index is 11.8. The Bertz CT molecular complexity index is 515. The maximum Gasteiger partial charge on any atom is 0.313 e. The van der Waals surface area contributed by atoms with Crippen LogP contribution in [0, 0.1) is 5.92 Å². The number of hydrogen-bond donors (Lipinski definition) is 2. The van der Waals surface area contributed by atoms with Crippen LogP contribution in [0.5, 0.6) is 0 Å². The summed E-state index contributed by atoms with van der Waals surface area (Å²) in [5.74, 6) is -0.0959. The number of carboxylic acid groups (broad SMARTS) is 1. The molecule has 21 heavy (non-hydrogen) atoms. The lowest BCUT2D eigenvalue weighted by Crippen LogP contribution is -2.28. The van der Waals surface area contributed by atoms with Crippen LogP contribution in [0.15, 0.2) is 24.3 Å². The van der Waals surface area contributed by atoms with Gasteiger partial charge in [-0.05, 0) is 43.9 Å². The molecular formula is C17H23NO3. The summed E-state index contributed by atoms with van der Waals surface area (Å²) in [7, 11) is 0. The van der Waals surface area contributed by atoms with Gasteiger partial charge in [-0.15, -0.1) is 0 Å². The van der Waals surface area contributed by atoms with Crippen LogP contribution in [0.2, 0.25) is 0 Å². The summed E-state index contributed by atoms with van der Waals surface area (Å²) >= 11 is 0. The first-order chi connectivity index (χ1) is 9.89. The molecule has 4 nitrogen and oxygen atoms in total. The highest BCUT2D eigenvalue weighted by molar-refractivity contribution is 5.90. The molecule has 0 bridgehead atoms. The molecule has 1 fully saturated rings. The van der Waals surface area contributed by atoms with Crippen LogP contribution in [-0.4, -0.2) is 17.0 Å². The van der Waals surface area contributed by atoms with E-state index < -0.39 is 11.4 Å². The second-order valence-corrected chi connectivity index (χ2v) is 6.39. The van der Waals surface area contributed by atoms with Gasteiger partial charge in [-0.1, -0.05) is 31.4 Å². The van der Waals surface area contributed by atoms with Crippen molar-refractivity contribution in [2.75, 3.05) is 5.32 Å². The van der Waals surface area contributed by atoms with Crippen molar-refractivity contribution in [1.82, 2.24) is 0 Å². The SMILES string of the molecule is CC(C)(C(=O)O)c1ccc(NC(=O)CCC2CCC2)cc1. The van der Waals surface area contributed by atoms with Crippen LogP contribution in [0.1, 0.15) is 51.5 Å². The number of anilines is 1. The Morgan fingerprint density at radius 3 is 2.33 bits per heavy atom. The fraction of sp³-hybridized carbons (Fsp3) is 0.529. The maximum atomic E-state index is 11.8. The largest absolute Gasteiger partial charge is 0.481 e. The summed E-state index contributed by atoms with van der Waals surface area (Å²) in [5.41, 5.74) is 0.522. The first-order valence-corrected chi connectivity index (χ1v) is 7.53. The van der Waals surface area contributed by atoms with Gasteiger partial charge in [0.15, 0.2) is 0 Å². The molecule has 0 aliphatic heterocycles. The minimum absolute atomic E-state index is 0.0344. The normalized spacial score (nSPS) is 15.3. The van der Waals surface area contributed by atoms with Gasteiger partial charge in [-0.25, -0.2) is 0 Å². The molecule has 1 aromatic rings. The molecule has 0 aromatic heterocycles. The minimum Gasteiger partial charge on any atom is -0.481 e. The Hall–Kier alpha value is -1.84. The van der Waals surface area contributed by atoms with Crippen molar-refractivity contribution in [2.45, 2.75) is 51.4 Å². The first-order valence-electron chi connectivity index (χ1n) is 7.53. The number of carbonyl (C=O) groups is 2. The molecular weight excluding hydrogens is 266 g/mol. The molecule has 1 aromatic carbocycles. The zero-order chi connectivity index (χ0) is 15.5. The Balaban J connectivity index is 1.89. The quantitative estimate of drug-likeness (QED) is 0.841. The van der Waals surface area contributed by atoms with Crippen LogP contribution in [0.25, 0.3) is 0 Å². The van der Waals surface area contributed by atoms with Crippen molar-refractivity contribution in [1.29, 1.82) is 0 Å². The second-order valence-electron chi connectivity index (χ2n) is 6.39. The van der Waals surface area contributed by atoms with Gasteiger partial charge in [0.05, 0.1) is 5.41 Å². The molecule has 1 aliphatic rings. The Labute approximate surface area is 125 Å². The van der Waals surface area contributed by atoms with E-state index in [2.05, 4.69) is 5.32 Å². The number of nitrogens with one attached hydrogen (secondary N) is 1. The Morgan fingerprint density at radius 2 is 1.86 bits per heavy atom. The number of carbonyl (C=O) groups excluding carboxylic acids is 1. The van der Waals surface area contributed by atoms with Crippen molar-refractivity contribution in [3.05, 3.63) is 29.8 Å². The van der Waals surface area contributed by atoms with Gasteiger partial charge in [0.25, 0.3) is 0 Å². The predicted octanol–water partition coefficient (Wildman–Crippen LogP) is 3.57. The average molecular weight is 289 g/mol. The van der Waals surface area contributed by atoms with E-state index >= 15 is 0 Å². The summed E-state index contributed by atoms with van der Waals surface area (Å²) < 4.78 is 0. The van der Waals surface area contributed by atoms with E-state index in [1.54, 1.807) is 38.1 Å². The summed E-state index contributed by atoms with van der Waals surface area (Å²) in [5, 5.41) is 12.1. The molecule has 1 aliphatic carbocycles. The molecule has 1 amide bonds. The van der Waals surface area contributed by atoms with E-state index in [1.165, 1.54) is 19.3 Å². The van der Waals surface area contributed by atoms with E-state index in [0.717, 1.165) is 23.6 Å². The molecule has 0 saturated heterocycles. The minimum atomic E-state index is -0.924. The zero-order valence-electron chi connectivity index (χ0n) is 12.7. The van der Waals surface area contributed by atoms with Crippen molar-refractivity contribution < 1.29 is 14.7 Å². The predicted molar refractivity (Wildman–Crippen MR) is 82.3 cm³/mol. The number of carboxylic acids is 1. The first kappa shape index (κ1) is 15.5. The molecule has 0 atom stereocenters. The van der Waals surface area contributed by atoms with E-state index in [9.17, 15) is 14.7 Å². The topological polar surface area (TPSA) is 66.4 Å². The lowest BCUT2D eigenvalue weighted by molar-refractivity contribution is -0.142. The third-order valence-corrected chi connectivity index (χ3v) is 4.43. The monoisotopic (exact) mass is 289 g/mol. The van der Waals surface area contributed by atoms with Gasteiger partial charge in [-0.3, -0.25) is 9.59 Å². The Kier molecular flexibility index (Phi) is 4.66. The van der Waals surface area contributed by atoms with Crippen LogP contribution in [0.3, 0.4) is 0 Å².